The number of amides is 2. The van der Waals surface area contributed by atoms with Crippen LogP contribution in [-0.4, -0.2) is 89.5 Å². The summed E-state index contributed by atoms with van der Waals surface area (Å²) < 4.78 is 5.02. The Labute approximate surface area is 274 Å². The second-order valence-electron chi connectivity index (χ2n) is 11.2. The van der Waals surface area contributed by atoms with Gasteiger partial charge >= 0.3 is 5.97 Å². The summed E-state index contributed by atoms with van der Waals surface area (Å²) in [6, 6.07) is 23.2. The molecule has 2 heterocycles. The number of carbonyl (C=O) groups excluding carboxylic acids is 3. The van der Waals surface area contributed by atoms with Crippen molar-refractivity contribution >= 4 is 58.1 Å². The lowest BCUT2D eigenvalue weighted by atomic mass is 10.1. The molecule has 11 heteroatoms. The number of hydrogen-bond acceptors (Lipinski definition) is 7. The highest BCUT2D eigenvalue weighted by molar-refractivity contribution is 7.80. The summed E-state index contributed by atoms with van der Waals surface area (Å²) >= 11 is 12.1. The summed E-state index contributed by atoms with van der Waals surface area (Å²) in [5.74, 6) is -1.01. The highest BCUT2D eigenvalue weighted by atomic mass is 35.5. The number of halogens is 1. The van der Waals surface area contributed by atoms with Crippen LogP contribution in [0.2, 0.25) is 5.02 Å². The van der Waals surface area contributed by atoms with Crippen molar-refractivity contribution in [2.45, 2.75) is 32.4 Å². The van der Waals surface area contributed by atoms with Crippen molar-refractivity contribution in [1.29, 1.82) is 0 Å². The maximum Gasteiger partial charge on any atom is 0.338 e. The van der Waals surface area contributed by atoms with Crippen molar-refractivity contribution in [3.63, 3.8) is 0 Å². The zero-order chi connectivity index (χ0) is 31.8. The van der Waals surface area contributed by atoms with Gasteiger partial charge < -0.3 is 19.9 Å². The van der Waals surface area contributed by atoms with E-state index in [2.05, 4.69) is 39.4 Å². The summed E-state index contributed by atoms with van der Waals surface area (Å²) in [5.41, 5.74) is 2.82. The smallest absolute Gasteiger partial charge is 0.338 e. The minimum Gasteiger partial charge on any atom is -0.462 e. The van der Waals surface area contributed by atoms with Gasteiger partial charge in [-0.3, -0.25) is 19.4 Å². The molecule has 0 spiro atoms. The van der Waals surface area contributed by atoms with Gasteiger partial charge in [0, 0.05) is 50.0 Å². The first-order valence-electron chi connectivity index (χ1n) is 15.3. The van der Waals surface area contributed by atoms with Crippen LogP contribution in [0.15, 0.2) is 78.9 Å². The Morgan fingerprint density at radius 3 is 2.33 bits per heavy atom. The van der Waals surface area contributed by atoms with Crippen LogP contribution in [-0.2, 0) is 20.9 Å². The van der Waals surface area contributed by atoms with Gasteiger partial charge in [0.05, 0.1) is 24.3 Å². The molecule has 2 fully saturated rings. The first kappa shape index (κ1) is 32.6. The fourth-order valence-corrected chi connectivity index (χ4v) is 6.31. The summed E-state index contributed by atoms with van der Waals surface area (Å²) in [5, 5.41) is 3.71. The largest absolute Gasteiger partial charge is 0.462 e. The molecule has 1 unspecified atom stereocenters. The van der Waals surface area contributed by atoms with Crippen molar-refractivity contribution in [2.24, 2.45) is 0 Å². The van der Waals surface area contributed by atoms with E-state index in [1.807, 2.05) is 11.0 Å². The number of carbonyl (C=O) groups is 3. The molecule has 9 nitrogen and oxygen atoms in total. The second-order valence-corrected chi connectivity index (χ2v) is 12.0. The zero-order valence-corrected chi connectivity index (χ0v) is 26.9. The first-order valence-corrected chi connectivity index (χ1v) is 16.1. The van der Waals surface area contributed by atoms with E-state index >= 15 is 0 Å². The monoisotopic (exact) mass is 647 g/mol. The lowest BCUT2D eigenvalue weighted by Crippen LogP contribution is -2.47. The van der Waals surface area contributed by atoms with Gasteiger partial charge in [-0.05, 0) is 80.1 Å². The van der Waals surface area contributed by atoms with E-state index in [0.29, 0.717) is 33.6 Å². The quantitative estimate of drug-likeness (QED) is 0.216. The molecule has 3 aromatic rings. The van der Waals surface area contributed by atoms with Gasteiger partial charge in [0.25, 0.3) is 5.91 Å². The Balaban J connectivity index is 1.20. The fraction of sp³-hybridized carbons (Fsp3) is 0.353. The number of rotatable bonds is 12. The number of benzene rings is 3. The van der Waals surface area contributed by atoms with Gasteiger partial charge in [0.1, 0.15) is 6.04 Å². The SMILES string of the molecule is CCOC(=O)c1ccc(NC(=O)CC2C(=O)N(c3cccc(Cl)c3)C(=S)N2CCCN2CCN(Cc3ccccc3)CC2)cc1. The van der Waals surface area contributed by atoms with Crippen molar-refractivity contribution in [2.75, 3.05) is 56.1 Å². The minimum absolute atomic E-state index is 0.0756. The molecule has 5 rings (SSSR count). The Morgan fingerprint density at radius 1 is 0.933 bits per heavy atom. The van der Waals surface area contributed by atoms with Crippen LogP contribution in [0.3, 0.4) is 0 Å². The van der Waals surface area contributed by atoms with Gasteiger partial charge in [-0.25, -0.2) is 4.79 Å². The number of thiocarbonyl (C=S) groups is 1. The van der Waals surface area contributed by atoms with Gasteiger partial charge in [0.15, 0.2) is 5.11 Å². The predicted octanol–water partition coefficient (Wildman–Crippen LogP) is 5.06. The van der Waals surface area contributed by atoms with Crippen LogP contribution in [0.1, 0.15) is 35.7 Å². The number of nitrogens with one attached hydrogen (secondary N) is 1. The lowest BCUT2D eigenvalue weighted by molar-refractivity contribution is -0.124. The standard InChI is InChI=1S/C34H38ClN5O4S/c1-2-44-33(43)26-12-14-28(15-13-26)36-31(41)23-30-32(42)40(29-11-6-10-27(35)22-29)34(45)39(30)17-7-16-37-18-20-38(21-19-37)24-25-8-4-3-5-9-25/h3-6,8-15,22,30H,2,7,16-21,23-24H2,1H3,(H,36,41). The maximum absolute atomic E-state index is 13.8. The number of nitrogens with zero attached hydrogens (tertiary/aromatic N) is 4. The Morgan fingerprint density at radius 2 is 1.64 bits per heavy atom. The lowest BCUT2D eigenvalue weighted by Gasteiger charge is -2.35. The molecule has 2 aliphatic rings. The second kappa shape index (κ2) is 15.4. The molecule has 1 N–H and O–H groups in total. The fourth-order valence-electron chi connectivity index (χ4n) is 5.71. The Hall–Kier alpha value is -3.83. The van der Waals surface area contributed by atoms with Crippen molar-refractivity contribution in [3.05, 3.63) is 95.0 Å². The molecule has 0 saturated carbocycles. The third-order valence-electron chi connectivity index (χ3n) is 8.03. The third-order valence-corrected chi connectivity index (χ3v) is 8.68. The summed E-state index contributed by atoms with van der Waals surface area (Å²) in [6.45, 7) is 8.35. The molecule has 0 aromatic heterocycles. The zero-order valence-electron chi connectivity index (χ0n) is 25.4. The predicted molar refractivity (Wildman–Crippen MR) is 180 cm³/mol. The third kappa shape index (κ3) is 8.46. The van der Waals surface area contributed by atoms with Gasteiger partial charge in [-0.2, -0.15) is 0 Å². The molecular formula is C34H38ClN5O4S. The minimum atomic E-state index is -0.752. The van der Waals surface area contributed by atoms with E-state index in [0.717, 1.165) is 45.7 Å². The van der Waals surface area contributed by atoms with E-state index in [4.69, 9.17) is 28.6 Å². The molecule has 3 aromatic carbocycles. The summed E-state index contributed by atoms with van der Waals surface area (Å²) in [7, 11) is 0. The van der Waals surface area contributed by atoms with E-state index in [1.54, 1.807) is 55.5 Å². The molecule has 2 amide bonds. The highest BCUT2D eigenvalue weighted by Crippen LogP contribution is 2.29. The number of esters is 1. The number of ether oxygens (including phenoxy) is 1. The Bertz CT molecular complexity index is 1500. The average molecular weight is 648 g/mol. The molecule has 0 bridgehead atoms. The molecule has 2 saturated heterocycles. The Kier molecular flexibility index (Phi) is 11.2. The van der Waals surface area contributed by atoms with Crippen LogP contribution in [0.5, 0.6) is 0 Å². The number of piperazine rings is 1. The maximum atomic E-state index is 13.8. The van der Waals surface area contributed by atoms with E-state index in [9.17, 15) is 14.4 Å². The normalized spacial score (nSPS) is 17.5. The van der Waals surface area contributed by atoms with E-state index in [-0.39, 0.29) is 24.8 Å². The van der Waals surface area contributed by atoms with Crippen LogP contribution in [0.4, 0.5) is 11.4 Å². The van der Waals surface area contributed by atoms with Crippen LogP contribution >= 0.6 is 23.8 Å². The molecule has 236 valence electrons. The molecule has 0 radical (unpaired) electrons. The van der Waals surface area contributed by atoms with Crippen LogP contribution in [0, 0.1) is 0 Å². The first-order chi connectivity index (χ1) is 21.8. The summed E-state index contributed by atoms with van der Waals surface area (Å²) in [4.78, 5) is 47.2. The van der Waals surface area contributed by atoms with Gasteiger partial charge in [0.2, 0.25) is 5.91 Å². The van der Waals surface area contributed by atoms with Gasteiger partial charge in [-0.1, -0.05) is 48.0 Å². The van der Waals surface area contributed by atoms with Crippen LogP contribution in [0.25, 0.3) is 0 Å². The highest BCUT2D eigenvalue weighted by Gasteiger charge is 2.44. The average Bonchev–Trinajstić information content (AvgIpc) is 3.26. The van der Waals surface area contributed by atoms with E-state index < -0.39 is 12.0 Å². The molecule has 1 atom stereocenters. The van der Waals surface area contributed by atoms with Crippen molar-refractivity contribution in [1.82, 2.24) is 14.7 Å². The summed E-state index contributed by atoms with van der Waals surface area (Å²) in [6.07, 6.45) is 0.719. The topological polar surface area (TPSA) is 85.4 Å². The van der Waals surface area contributed by atoms with Crippen LogP contribution < -0.4 is 10.2 Å². The van der Waals surface area contributed by atoms with E-state index in [1.165, 1.54) is 10.5 Å². The molecule has 45 heavy (non-hydrogen) atoms. The van der Waals surface area contributed by atoms with Crippen molar-refractivity contribution in [3.8, 4) is 0 Å². The van der Waals surface area contributed by atoms with Gasteiger partial charge in [-0.15, -0.1) is 0 Å². The number of hydrogen-bond donors (Lipinski definition) is 1. The number of anilines is 2. The van der Waals surface area contributed by atoms with Crippen molar-refractivity contribution < 1.29 is 19.1 Å². The molecule has 0 aliphatic carbocycles. The molecular weight excluding hydrogens is 610 g/mol. The molecule has 2 aliphatic heterocycles.